The van der Waals surface area contributed by atoms with Gasteiger partial charge in [0.15, 0.2) is 5.96 Å². The van der Waals surface area contributed by atoms with E-state index in [0.717, 1.165) is 42.8 Å². The second-order valence-electron chi connectivity index (χ2n) is 6.89. The van der Waals surface area contributed by atoms with E-state index in [2.05, 4.69) is 28.1 Å². The van der Waals surface area contributed by atoms with Crippen molar-refractivity contribution in [1.82, 2.24) is 15.1 Å². The number of guanidine groups is 1. The second kappa shape index (κ2) is 10.7. The maximum Gasteiger partial charge on any atom is 0.194 e. The molecule has 5 nitrogen and oxygen atoms in total. The number of halogens is 2. The van der Waals surface area contributed by atoms with E-state index in [1.807, 2.05) is 25.2 Å². The van der Waals surface area contributed by atoms with Gasteiger partial charge < -0.3 is 15.0 Å². The lowest BCUT2D eigenvalue weighted by Crippen LogP contribution is -2.47. The van der Waals surface area contributed by atoms with Crippen LogP contribution in [0.1, 0.15) is 25.3 Å². The molecule has 2 atom stereocenters. The minimum absolute atomic E-state index is 0. The van der Waals surface area contributed by atoms with Gasteiger partial charge in [0.05, 0.1) is 19.3 Å². The van der Waals surface area contributed by atoms with Crippen molar-refractivity contribution in [2.45, 2.75) is 38.5 Å². The lowest BCUT2D eigenvalue weighted by molar-refractivity contribution is -0.0432. The van der Waals surface area contributed by atoms with E-state index in [1.165, 1.54) is 19.4 Å². The molecule has 146 valence electrons. The predicted molar refractivity (Wildman–Crippen MR) is 119 cm³/mol. The van der Waals surface area contributed by atoms with Crippen molar-refractivity contribution in [3.63, 3.8) is 0 Å². The van der Waals surface area contributed by atoms with Gasteiger partial charge in [-0.05, 0) is 37.9 Å². The molecule has 1 aromatic carbocycles. The Bertz CT molecular complexity index is 601. The van der Waals surface area contributed by atoms with Gasteiger partial charge in [-0.2, -0.15) is 0 Å². The highest BCUT2D eigenvalue weighted by atomic mass is 127. The highest BCUT2D eigenvalue weighted by molar-refractivity contribution is 14.0. The van der Waals surface area contributed by atoms with Crippen LogP contribution >= 0.6 is 35.6 Å². The van der Waals surface area contributed by atoms with Crippen molar-refractivity contribution in [2.24, 2.45) is 4.99 Å². The van der Waals surface area contributed by atoms with E-state index in [-0.39, 0.29) is 30.1 Å². The second-order valence-corrected chi connectivity index (χ2v) is 7.30. The zero-order chi connectivity index (χ0) is 17.6. The van der Waals surface area contributed by atoms with Crippen molar-refractivity contribution >= 4 is 41.5 Å². The van der Waals surface area contributed by atoms with Crippen molar-refractivity contribution in [3.05, 3.63) is 34.9 Å². The number of aliphatic imine (C=N–C) groups is 1. The van der Waals surface area contributed by atoms with Crippen LogP contribution < -0.4 is 5.32 Å². The molecule has 2 heterocycles. The molecule has 3 rings (SSSR count). The van der Waals surface area contributed by atoms with Crippen LogP contribution in [0.15, 0.2) is 29.3 Å². The van der Waals surface area contributed by atoms with E-state index in [0.29, 0.717) is 12.6 Å². The van der Waals surface area contributed by atoms with Crippen LogP contribution in [0.4, 0.5) is 0 Å². The van der Waals surface area contributed by atoms with Crippen molar-refractivity contribution in [1.29, 1.82) is 0 Å². The van der Waals surface area contributed by atoms with Gasteiger partial charge in [-0.15, -0.1) is 24.0 Å². The molecule has 26 heavy (non-hydrogen) atoms. The smallest absolute Gasteiger partial charge is 0.194 e. The molecule has 0 saturated carbocycles. The van der Waals surface area contributed by atoms with Gasteiger partial charge in [-0.25, -0.2) is 0 Å². The van der Waals surface area contributed by atoms with Crippen LogP contribution in [0, 0.1) is 0 Å². The lowest BCUT2D eigenvalue weighted by Gasteiger charge is -2.34. The summed E-state index contributed by atoms with van der Waals surface area (Å²) in [4.78, 5) is 9.49. The number of hydrogen-bond donors (Lipinski definition) is 1. The third-order valence-electron chi connectivity index (χ3n) is 4.97. The molecule has 0 radical (unpaired) electrons. The van der Waals surface area contributed by atoms with Crippen molar-refractivity contribution in [2.75, 3.05) is 39.8 Å². The molecule has 1 N–H and O–H groups in total. The zero-order valence-corrected chi connectivity index (χ0v) is 18.7. The fraction of sp³-hybridized carbons (Fsp3) is 0.632. The molecule has 1 aromatic rings. The zero-order valence-electron chi connectivity index (χ0n) is 15.7. The van der Waals surface area contributed by atoms with Crippen LogP contribution in [-0.4, -0.2) is 67.7 Å². The minimum atomic E-state index is 0. The molecule has 0 bridgehead atoms. The van der Waals surface area contributed by atoms with E-state index in [1.54, 1.807) is 0 Å². The topological polar surface area (TPSA) is 40.1 Å². The molecule has 0 amide bonds. The molecule has 2 aliphatic rings. The number of benzene rings is 1. The first-order valence-corrected chi connectivity index (χ1v) is 9.63. The van der Waals surface area contributed by atoms with Gasteiger partial charge in [0, 0.05) is 37.7 Å². The maximum atomic E-state index is 6.29. The average molecular weight is 493 g/mol. The Morgan fingerprint density at radius 1 is 1.42 bits per heavy atom. The Hall–Kier alpha value is -0.570. The van der Waals surface area contributed by atoms with Gasteiger partial charge in [0.2, 0.25) is 0 Å². The summed E-state index contributed by atoms with van der Waals surface area (Å²) in [5, 5.41) is 4.16. The molecule has 2 saturated heterocycles. The number of morpholine rings is 1. The van der Waals surface area contributed by atoms with Gasteiger partial charge >= 0.3 is 0 Å². The van der Waals surface area contributed by atoms with Crippen LogP contribution in [0.5, 0.6) is 0 Å². The van der Waals surface area contributed by atoms with Gasteiger partial charge in [-0.3, -0.25) is 9.89 Å². The highest BCUT2D eigenvalue weighted by Gasteiger charge is 2.32. The summed E-state index contributed by atoms with van der Waals surface area (Å²) in [5.74, 6) is 0.898. The first-order chi connectivity index (χ1) is 12.2. The third kappa shape index (κ3) is 5.71. The average Bonchev–Trinajstić information content (AvgIpc) is 3.08. The Labute approximate surface area is 179 Å². The summed E-state index contributed by atoms with van der Waals surface area (Å²) in [7, 11) is 2.04. The monoisotopic (exact) mass is 492 g/mol. The number of hydrogen-bond acceptors (Lipinski definition) is 3. The van der Waals surface area contributed by atoms with Gasteiger partial charge in [0.1, 0.15) is 0 Å². The van der Waals surface area contributed by atoms with Crippen molar-refractivity contribution in [3.8, 4) is 0 Å². The largest absolute Gasteiger partial charge is 0.373 e. The summed E-state index contributed by atoms with van der Waals surface area (Å²) in [5.41, 5.74) is 1.10. The molecule has 0 aliphatic carbocycles. The van der Waals surface area contributed by atoms with E-state index in [4.69, 9.17) is 21.3 Å². The van der Waals surface area contributed by atoms with E-state index >= 15 is 0 Å². The van der Waals surface area contributed by atoms with Crippen molar-refractivity contribution < 1.29 is 4.74 Å². The summed E-state index contributed by atoms with van der Waals surface area (Å²) in [6.45, 7) is 7.41. The molecular weight excluding hydrogens is 463 g/mol. The molecule has 0 spiro atoms. The summed E-state index contributed by atoms with van der Waals surface area (Å²) in [6.07, 6.45) is 2.77. The number of ether oxygens (including phenoxy) is 1. The number of fused-ring (bicyclic) bond motifs is 1. The number of nitrogens with one attached hydrogen (secondary N) is 1. The number of rotatable bonds is 5. The fourth-order valence-electron chi connectivity index (χ4n) is 3.61. The standard InChI is InChI=1S/C19H29ClN4O.HI/c1-3-21-19(23(2)12-15-7-4-5-9-18(15)20)22-11-17-13-24-10-6-8-16(24)14-25-17;/h4-5,7,9,16-17H,3,6,8,10-14H2,1-2H3,(H,21,22);1H. The molecule has 7 heteroatoms. The number of nitrogens with zero attached hydrogens (tertiary/aromatic N) is 3. The Morgan fingerprint density at radius 3 is 3.00 bits per heavy atom. The van der Waals surface area contributed by atoms with E-state index in [9.17, 15) is 0 Å². The van der Waals surface area contributed by atoms with E-state index < -0.39 is 0 Å². The highest BCUT2D eigenvalue weighted by Crippen LogP contribution is 2.22. The Balaban J connectivity index is 0.00000243. The summed E-state index contributed by atoms with van der Waals surface area (Å²) in [6, 6.07) is 8.59. The van der Waals surface area contributed by atoms with Crippen LogP contribution in [0.3, 0.4) is 0 Å². The predicted octanol–water partition coefficient (Wildman–Crippen LogP) is 3.22. The first kappa shape index (κ1) is 21.7. The third-order valence-corrected chi connectivity index (χ3v) is 5.34. The van der Waals surface area contributed by atoms with Gasteiger partial charge in [-0.1, -0.05) is 29.8 Å². The summed E-state index contributed by atoms with van der Waals surface area (Å²) < 4.78 is 6.02. The van der Waals surface area contributed by atoms with Crippen LogP contribution in [0.2, 0.25) is 5.02 Å². The SMILES string of the molecule is CCNC(=NCC1CN2CCCC2CO1)N(C)Cc1ccccc1Cl.I. The summed E-state index contributed by atoms with van der Waals surface area (Å²) >= 11 is 6.29. The molecule has 2 fully saturated rings. The quantitative estimate of drug-likeness (QED) is 0.389. The normalized spacial score (nSPS) is 23.3. The molecule has 0 aromatic heterocycles. The Morgan fingerprint density at radius 2 is 2.23 bits per heavy atom. The first-order valence-electron chi connectivity index (χ1n) is 9.26. The maximum absolute atomic E-state index is 6.29. The Kier molecular flexibility index (Phi) is 8.93. The molecular formula is C19H30ClIN4O. The van der Waals surface area contributed by atoms with Gasteiger partial charge in [0.25, 0.3) is 0 Å². The lowest BCUT2D eigenvalue weighted by atomic mass is 10.2. The molecule has 2 unspecified atom stereocenters. The van der Waals surface area contributed by atoms with Crippen LogP contribution in [-0.2, 0) is 11.3 Å². The minimum Gasteiger partial charge on any atom is -0.373 e. The fourth-order valence-corrected chi connectivity index (χ4v) is 3.81. The van der Waals surface area contributed by atoms with Crippen LogP contribution in [0.25, 0.3) is 0 Å². The molecule has 2 aliphatic heterocycles.